The molecule has 4 rings (SSSR count). The number of aromatic amines is 1. The van der Waals surface area contributed by atoms with Gasteiger partial charge in [-0.3, -0.25) is 15.1 Å². The van der Waals surface area contributed by atoms with Crippen molar-refractivity contribution in [2.24, 2.45) is 0 Å². The Bertz CT molecular complexity index is 1150. The van der Waals surface area contributed by atoms with Gasteiger partial charge in [-0.2, -0.15) is 5.10 Å². The minimum absolute atomic E-state index is 0.522. The Morgan fingerprint density at radius 2 is 1.55 bits per heavy atom. The molecule has 0 radical (unpaired) electrons. The molecular formula is C21H20N4O4. The Hall–Kier alpha value is -3.81. The summed E-state index contributed by atoms with van der Waals surface area (Å²) >= 11 is 0. The zero-order chi connectivity index (χ0) is 20.4. The number of pyridine rings is 2. The van der Waals surface area contributed by atoms with Crippen molar-refractivity contribution in [3.05, 3.63) is 42.9 Å². The maximum atomic E-state index is 5.49. The summed E-state index contributed by atoms with van der Waals surface area (Å²) in [5.41, 5.74) is 3.93. The molecule has 0 aliphatic rings. The summed E-state index contributed by atoms with van der Waals surface area (Å²) in [5, 5.41) is 8.46. The quantitative estimate of drug-likeness (QED) is 0.535. The van der Waals surface area contributed by atoms with Crippen LogP contribution in [0.25, 0.3) is 33.4 Å². The van der Waals surface area contributed by atoms with E-state index in [1.165, 1.54) is 0 Å². The van der Waals surface area contributed by atoms with Crippen molar-refractivity contribution < 1.29 is 18.9 Å². The Labute approximate surface area is 167 Å². The second kappa shape index (κ2) is 7.67. The summed E-state index contributed by atoms with van der Waals surface area (Å²) in [6, 6.07) is 7.48. The summed E-state index contributed by atoms with van der Waals surface area (Å²) in [5.74, 6) is 2.27. The van der Waals surface area contributed by atoms with Gasteiger partial charge in [-0.25, -0.2) is 0 Å². The highest BCUT2D eigenvalue weighted by atomic mass is 16.5. The van der Waals surface area contributed by atoms with E-state index in [2.05, 4.69) is 20.2 Å². The van der Waals surface area contributed by atoms with E-state index in [1.54, 1.807) is 47.0 Å². The molecule has 0 aliphatic heterocycles. The van der Waals surface area contributed by atoms with Gasteiger partial charge in [0.05, 0.1) is 51.2 Å². The van der Waals surface area contributed by atoms with Gasteiger partial charge in [0.1, 0.15) is 11.4 Å². The van der Waals surface area contributed by atoms with Crippen LogP contribution in [0, 0.1) is 0 Å². The van der Waals surface area contributed by atoms with Crippen LogP contribution >= 0.6 is 0 Å². The van der Waals surface area contributed by atoms with Crippen LogP contribution < -0.4 is 18.9 Å². The molecule has 0 bridgehead atoms. The van der Waals surface area contributed by atoms with E-state index >= 15 is 0 Å². The molecule has 148 valence electrons. The van der Waals surface area contributed by atoms with Crippen LogP contribution in [0.4, 0.5) is 0 Å². The average molecular weight is 392 g/mol. The highest BCUT2D eigenvalue weighted by molar-refractivity contribution is 6.02. The fourth-order valence-corrected chi connectivity index (χ4v) is 3.27. The molecule has 8 nitrogen and oxygen atoms in total. The van der Waals surface area contributed by atoms with E-state index in [1.807, 2.05) is 24.3 Å². The van der Waals surface area contributed by atoms with Crippen LogP contribution in [0.15, 0.2) is 42.9 Å². The monoisotopic (exact) mass is 392 g/mol. The molecule has 3 aromatic heterocycles. The van der Waals surface area contributed by atoms with E-state index < -0.39 is 0 Å². The summed E-state index contributed by atoms with van der Waals surface area (Å²) < 4.78 is 21.7. The fourth-order valence-electron chi connectivity index (χ4n) is 3.27. The first kappa shape index (κ1) is 18.5. The number of aromatic nitrogens is 4. The second-order valence-electron chi connectivity index (χ2n) is 6.18. The maximum Gasteiger partial charge on any atom is 0.203 e. The standard InChI is InChI=1S/C21H20N4O4/c1-26-14-7-13(10-22-11-14)19-18-15(5-6-23-19)24-25-20(18)12-8-16(27-2)21(29-4)17(9-12)28-3/h5-11H,1-4H3,(H,24,25). The number of fused-ring (bicyclic) bond motifs is 1. The molecule has 1 aromatic carbocycles. The SMILES string of the molecule is COc1cncc(-c2nccc3[nH]nc(-c4cc(OC)c(OC)c(OC)c4)c23)c1. The third-order valence-electron chi connectivity index (χ3n) is 4.64. The lowest BCUT2D eigenvalue weighted by molar-refractivity contribution is 0.324. The third-order valence-corrected chi connectivity index (χ3v) is 4.64. The molecule has 0 atom stereocenters. The van der Waals surface area contributed by atoms with E-state index in [-0.39, 0.29) is 0 Å². The fraction of sp³-hybridized carbons (Fsp3) is 0.190. The summed E-state index contributed by atoms with van der Waals surface area (Å²) in [7, 11) is 6.34. The number of H-pyrrole nitrogens is 1. The van der Waals surface area contributed by atoms with Crippen molar-refractivity contribution in [3.8, 4) is 45.5 Å². The van der Waals surface area contributed by atoms with Gasteiger partial charge in [0.15, 0.2) is 11.5 Å². The van der Waals surface area contributed by atoms with Gasteiger partial charge in [0, 0.05) is 23.5 Å². The molecule has 8 heteroatoms. The summed E-state index contributed by atoms with van der Waals surface area (Å²) in [6.07, 6.45) is 5.13. The number of hydrogen-bond acceptors (Lipinski definition) is 7. The Kier molecular flexibility index (Phi) is 4.90. The van der Waals surface area contributed by atoms with E-state index in [9.17, 15) is 0 Å². The van der Waals surface area contributed by atoms with Crippen molar-refractivity contribution in [2.75, 3.05) is 28.4 Å². The lowest BCUT2D eigenvalue weighted by atomic mass is 10.0. The number of rotatable bonds is 6. The van der Waals surface area contributed by atoms with Crippen molar-refractivity contribution in [1.29, 1.82) is 0 Å². The maximum absolute atomic E-state index is 5.49. The molecule has 29 heavy (non-hydrogen) atoms. The predicted octanol–water partition coefficient (Wildman–Crippen LogP) is 3.72. The highest BCUT2D eigenvalue weighted by Crippen LogP contribution is 2.43. The molecule has 1 N–H and O–H groups in total. The first-order chi connectivity index (χ1) is 14.2. The molecule has 0 unspecified atom stereocenters. The van der Waals surface area contributed by atoms with Gasteiger partial charge in [-0.15, -0.1) is 0 Å². The van der Waals surface area contributed by atoms with Crippen LogP contribution in [0.2, 0.25) is 0 Å². The smallest absolute Gasteiger partial charge is 0.203 e. The van der Waals surface area contributed by atoms with E-state index in [0.717, 1.165) is 27.7 Å². The molecule has 4 aromatic rings. The van der Waals surface area contributed by atoms with Crippen LogP contribution in [0.3, 0.4) is 0 Å². The Morgan fingerprint density at radius 3 is 2.21 bits per heavy atom. The average Bonchev–Trinajstić information content (AvgIpc) is 3.22. The molecule has 3 heterocycles. The normalized spacial score (nSPS) is 10.8. The summed E-state index contributed by atoms with van der Waals surface area (Å²) in [4.78, 5) is 8.84. The number of nitrogens with zero attached hydrogens (tertiary/aromatic N) is 3. The van der Waals surface area contributed by atoms with Gasteiger partial charge in [0.25, 0.3) is 0 Å². The van der Waals surface area contributed by atoms with Gasteiger partial charge in [-0.05, 0) is 24.3 Å². The third kappa shape index (κ3) is 3.18. The van der Waals surface area contributed by atoms with Crippen molar-refractivity contribution in [2.45, 2.75) is 0 Å². The lowest BCUT2D eigenvalue weighted by Gasteiger charge is -2.14. The van der Waals surface area contributed by atoms with Crippen LogP contribution in [0.5, 0.6) is 23.0 Å². The zero-order valence-corrected chi connectivity index (χ0v) is 16.5. The Balaban J connectivity index is 1.97. The first-order valence-corrected chi connectivity index (χ1v) is 8.83. The molecule has 0 saturated carbocycles. The highest BCUT2D eigenvalue weighted by Gasteiger charge is 2.20. The minimum atomic E-state index is 0.522. The van der Waals surface area contributed by atoms with Gasteiger partial charge in [-0.1, -0.05) is 0 Å². The lowest BCUT2D eigenvalue weighted by Crippen LogP contribution is -1.96. The van der Waals surface area contributed by atoms with Gasteiger partial charge >= 0.3 is 0 Å². The molecule has 0 amide bonds. The number of hydrogen-bond donors (Lipinski definition) is 1. The van der Waals surface area contributed by atoms with Crippen LogP contribution in [-0.2, 0) is 0 Å². The van der Waals surface area contributed by atoms with Crippen molar-refractivity contribution >= 4 is 10.9 Å². The topological polar surface area (TPSA) is 91.4 Å². The number of ether oxygens (including phenoxy) is 4. The number of benzene rings is 1. The first-order valence-electron chi connectivity index (χ1n) is 8.83. The summed E-state index contributed by atoms with van der Waals surface area (Å²) in [6.45, 7) is 0. The van der Waals surface area contributed by atoms with E-state index in [4.69, 9.17) is 18.9 Å². The van der Waals surface area contributed by atoms with Crippen molar-refractivity contribution in [1.82, 2.24) is 20.2 Å². The molecular weight excluding hydrogens is 372 g/mol. The molecule has 0 spiro atoms. The number of nitrogens with one attached hydrogen (secondary N) is 1. The predicted molar refractivity (Wildman–Crippen MR) is 109 cm³/mol. The second-order valence-corrected chi connectivity index (χ2v) is 6.18. The van der Waals surface area contributed by atoms with Gasteiger partial charge < -0.3 is 18.9 Å². The minimum Gasteiger partial charge on any atom is -0.495 e. The van der Waals surface area contributed by atoms with Crippen LogP contribution in [0.1, 0.15) is 0 Å². The zero-order valence-electron chi connectivity index (χ0n) is 16.5. The Morgan fingerprint density at radius 1 is 0.793 bits per heavy atom. The van der Waals surface area contributed by atoms with Gasteiger partial charge in [0.2, 0.25) is 5.75 Å². The van der Waals surface area contributed by atoms with E-state index in [0.29, 0.717) is 28.7 Å². The van der Waals surface area contributed by atoms with Crippen molar-refractivity contribution in [3.63, 3.8) is 0 Å². The number of methoxy groups -OCH3 is 4. The largest absolute Gasteiger partial charge is 0.495 e. The molecule has 0 fully saturated rings. The molecule has 0 aliphatic carbocycles. The van der Waals surface area contributed by atoms with Crippen LogP contribution in [-0.4, -0.2) is 48.6 Å². The molecule has 0 saturated heterocycles.